The molecule has 0 unspecified atom stereocenters. The van der Waals surface area contributed by atoms with Gasteiger partial charge in [0, 0.05) is 11.3 Å². The Morgan fingerprint density at radius 3 is 2.29 bits per heavy atom. The molecule has 0 heterocycles. The lowest BCUT2D eigenvalue weighted by atomic mass is 10.1. The molecule has 108 valence electrons. The molecule has 2 aromatic carbocycles. The van der Waals surface area contributed by atoms with E-state index in [1.807, 2.05) is 32.0 Å². The molecule has 0 fully saturated rings. The molecular weight excluding hydrogens is 266 g/mol. The standard InChI is InChI=1S/C17H17NO3/c1-12-7-13(2)9-15(8-12)18-17(20)11-21-16-5-3-14(10-19)4-6-16/h3-10H,11H2,1-2H3,(H,18,20). The Labute approximate surface area is 123 Å². The van der Waals surface area contributed by atoms with E-state index in [1.54, 1.807) is 24.3 Å². The van der Waals surface area contributed by atoms with Gasteiger partial charge in [0.05, 0.1) is 0 Å². The van der Waals surface area contributed by atoms with E-state index < -0.39 is 0 Å². The minimum absolute atomic E-state index is 0.0760. The van der Waals surface area contributed by atoms with Crippen molar-refractivity contribution < 1.29 is 14.3 Å². The largest absolute Gasteiger partial charge is 0.484 e. The van der Waals surface area contributed by atoms with E-state index in [2.05, 4.69) is 5.32 Å². The second-order valence-electron chi connectivity index (χ2n) is 4.90. The van der Waals surface area contributed by atoms with Crippen molar-refractivity contribution in [3.8, 4) is 5.75 Å². The van der Waals surface area contributed by atoms with Gasteiger partial charge in [0.2, 0.25) is 0 Å². The first-order valence-electron chi connectivity index (χ1n) is 6.63. The zero-order chi connectivity index (χ0) is 15.2. The number of nitrogens with one attached hydrogen (secondary N) is 1. The first-order valence-corrected chi connectivity index (χ1v) is 6.63. The van der Waals surface area contributed by atoms with Crippen molar-refractivity contribution >= 4 is 17.9 Å². The summed E-state index contributed by atoms with van der Waals surface area (Å²) in [5.74, 6) is 0.329. The normalized spacial score (nSPS) is 10.0. The van der Waals surface area contributed by atoms with Crippen molar-refractivity contribution in [2.24, 2.45) is 0 Å². The van der Waals surface area contributed by atoms with Crippen LogP contribution in [-0.2, 0) is 4.79 Å². The molecule has 0 aliphatic heterocycles. The van der Waals surface area contributed by atoms with E-state index in [9.17, 15) is 9.59 Å². The fourth-order valence-electron chi connectivity index (χ4n) is 2.04. The van der Waals surface area contributed by atoms with Crippen LogP contribution in [-0.4, -0.2) is 18.8 Å². The highest BCUT2D eigenvalue weighted by molar-refractivity contribution is 5.92. The third kappa shape index (κ3) is 4.45. The molecule has 21 heavy (non-hydrogen) atoms. The average molecular weight is 283 g/mol. The molecule has 4 heteroatoms. The Morgan fingerprint density at radius 2 is 1.71 bits per heavy atom. The molecule has 0 saturated heterocycles. The Bertz CT molecular complexity index is 627. The molecule has 2 rings (SSSR count). The van der Waals surface area contributed by atoms with Crippen molar-refractivity contribution in [3.63, 3.8) is 0 Å². The topological polar surface area (TPSA) is 55.4 Å². The van der Waals surface area contributed by atoms with Crippen LogP contribution in [0.5, 0.6) is 5.75 Å². The van der Waals surface area contributed by atoms with Gasteiger partial charge < -0.3 is 10.1 Å². The van der Waals surface area contributed by atoms with E-state index in [4.69, 9.17) is 4.74 Å². The van der Waals surface area contributed by atoms with Gasteiger partial charge in [-0.15, -0.1) is 0 Å². The minimum Gasteiger partial charge on any atom is -0.484 e. The number of hydrogen-bond acceptors (Lipinski definition) is 3. The number of carbonyl (C=O) groups excluding carboxylic acids is 2. The predicted octanol–water partition coefficient (Wildman–Crippen LogP) is 3.13. The van der Waals surface area contributed by atoms with Gasteiger partial charge in [0.15, 0.2) is 6.61 Å². The van der Waals surface area contributed by atoms with Crippen molar-refractivity contribution in [1.82, 2.24) is 0 Å². The summed E-state index contributed by atoms with van der Waals surface area (Å²) in [6.07, 6.45) is 0.760. The molecule has 1 amide bonds. The molecule has 0 radical (unpaired) electrons. The van der Waals surface area contributed by atoms with E-state index in [0.29, 0.717) is 11.3 Å². The third-order valence-corrected chi connectivity index (χ3v) is 2.89. The lowest BCUT2D eigenvalue weighted by Gasteiger charge is -2.09. The molecule has 0 saturated carbocycles. The highest BCUT2D eigenvalue weighted by atomic mass is 16.5. The quantitative estimate of drug-likeness (QED) is 0.858. The number of aldehydes is 1. The van der Waals surface area contributed by atoms with Gasteiger partial charge in [-0.1, -0.05) is 6.07 Å². The number of rotatable bonds is 5. The lowest BCUT2D eigenvalue weighted by Crippen LogP contribution is -2.20. The van der Waals surface area contributed by atoms with Gasteiger partial charge in [-0.25, -0.2) is 0 Å². The number of anilines is 1. The SMILES string of the molecule is Cc1cc(C)cc(NC(=O)COc2ccc(C=O)cc2)c1. The maximum Gasteiger partial charge on any atom is 0.262 e. The minimum atomic E-state index is -0.223. The van der Waals surface area contributed by atoms with Crippen LogP contribution in [0, 0.1) is 13.8 Å². The van der Waals surface area contributed by atoms with Crippen LogP contribution in [0.15, 0.2) is 42.5 Å². The molecular formula is C17H17NO3. The van der Waals surface area contributed by atoms with Crippen LogP contribution >= 0.6 is 0 Å². The van der Waals surface area contributed by atoms with Crippen molar-refractivity contribution in [2.75, 3.05) is 11.9 Å². The van der Waals surface area contributed by atoms with Gasteiger partial charge in [0.1, 0.15) is 12.0 Å². The second kappa shape index (κ2) is 6.70. The number of carbonyl (C=O) groups is 2. The maximum atomic E-state index is 11.8. The van der Waals surface area contributed by atoms with Crippen molar-refractivity contribution in [1.29, 1.82) is 0 Å². The summed E-state index contributed by atoms with van der Waals surface area (Å²) < 4.78 is 5.37. The summed E-state index contributed by atoms with van der Waals surface area (Å²) in [6.45, 7) is 3.88. The van der Waals surface area contributed by atoms with Crippen LogP contribution in [0.1, 0.15) is 21.5 Å². The zero-order valence-electron chi connectivity index (χ0n) is 12.1. The summed E-state index contributed by atoms with van der Waals surface area (Å²) in [7, 11) is 0. The molecule has 0 spiro atoms. The first-order chi connectivity index (χ1) is 10.1. The molecule has 2 aromatic rings. The fraction of sp³-hybridized carbons (Fsp3) is 0.176. The maximum absolute atomic E-state index is 11.8. The smallest absolute Gasteiger partial charge is 0.262 e. The molecule has 0 aliphatic rings. The van der Waals surface area contributed by atoms with Crippen molar-refractivity contribution in [3.05, 3.63) is 59.2 Å². The molecule has 0 bridgehead atoms. The Hall–Kier alpha value is -2.62. The number of amides is 1. The average Bonchev–Trinajstić information content (AvgIpc) is 2.44. The van der Waals surface area contributed by atoms with Crippen molar-refractivity contribution in [2.45, 2.75) is 13.8 Å². The molecule has 4 nitrogen and oxygen atoms in total. The van der Waals surface area contributed by atoms with Gasteiger partial charge in [-0.3, -0.25) is 9.59 Å². The van der Waals surface area contributed by atoms with E-state index >= 15 is 0 Å². The summed E-state index contributed by atoms with van der Waals surface area (Å²) in [5.41, 5.74) is 3.52. The van der Waals surface area contributed by atoms with Gasteiger partial charge in [-0.2, -0.15) is 0 Å². The Morgan fingerprint density at radius 1 is 1.10 bits per heavy atom. The van der Waals surface area contributed by atoms with E-state index in [0.717, 1.165) is 23.1 Å². The summed E-state index contributed by atoms with van der Waals surface area (Å²) >= 11 is 0. The Kier molecular flexibility index (Phi) is 4.72. The third-order valence-electron chi connectivity index (χ3n) is 2.89. The van der Waals surface area contributed by atoms with Crippen LogP contribution in [0.3, 0.4) is 0 Å². The van der Waals surface area contributed by atoms with Crippen LogP contribution in [0.2, 0.25) is 0 Å². The van der Waals surface area contributed by atoms with Crippen LogP contribution < -0.4 is 10.1 Å². The molecule has 0 aromatic heterocycles. The number of hydrogen-bond donors (Lipinski definition) is 1. The van der Waals surface area contributed by atoms with E-state index in [1.165, 1.54) is 0 Å². The number of aryl methyl sites for hydroxylation is 2. The predicted molar refractivity (Wildman–Crippen MR) is 81.9 cm³/mol. The Balaban J connectivity index is 1.90. The van der Waals surface area contributed by atoms with Gasteiger partial charge in [0.25, 0.3) is 5.91 Å². The lowest BCUT2D eigenvalue weighted by molar-refractivity contribution is -0.118. The summed E-state index contributed by atoms with van der Waals surface area (Å²) in [6, 6.07) is 12.5. The van der Waals surface area contributed by atoms with Gasteiger partial charge in [-0.05, 0) is 61.4 Å². The van der Waals surface area contributed by atoms with Crippen LogP contribution in [0.25, 0.3) is 0 Å². The summed E-state index contributed by atoms with van der Waals surface area (Å²) in [4.78, 5) is 22.4. The highest BCUT2D eigenvalue weighted by Crippen LogP contribution is 2.14. The molecule has 1 N–H and O–H groups in total. The fourth-order valence-corrected chi connectivity index (χ4v) is 2.04. The van der Waals surface area contributed by atoms with E-state index in [-0.39, 0.29) is 12.5 Å². The molecule has 0 atom stereocenters. The number of ether oxygens (including phenoxy) is 1. The highest BCUT2D eigenvalue weighted by Gasteiger charge is 2.05. The number of benzene rings is 2. The monoisotopic (exact) mass is 283 g/mol. The van der Waals surface area contributed by atoms with Crippen LogP contribution in [0.4, 0.5) is 5.69 Å². The zero-order valence-corrected chi connectivity index (χ0v) is 12.1. The van der Waals surface area contributed by atoms with Gasteiger partial charge >= 0.3 is 0 Å². The first kappa shape index (κ1) is 14.8. The summed E-state index contributed by atoms with van der Waals surface area (Å²) in [5, 5.41) is 2.80. The second-order valence-corrected chi connectivity index (χ2v) is 4.90. The molecule has 0 aliphatic carbocycles.